The topological polar surface area (TPSA) is 110 Å². The molecule has 0 unspecified atom stereocenters. The summed E-state index contributed by atoms with van der Waals surface area (Å²) in [5.74, 6) is -1.21. The van der Waals surface area contributed by atoms with Crippen LogP contribution >= 0.6 is 11.6 Å². The fourth-order valence-corrected chi connectivity index (χ4v) is 4.36. The van der Waals surface area contributed by atoms with Crippen LogP contribution in [0, 0.1) is 6.92 Å². The van der Waals surface area contributed by atoms with E-state index in [0.29, 0.717) is 11.4 Å². The Kier molecular flexibility index (Phi) is 6.33. The van der Waals surface area contributed by atoms with Gasteiger partial charge in [-0.2, -0.15) is 0 Å². The van der Waals surface area contributed by atoms with Crippen LogP contribution in [-0.4, -0.2) is 27.3 Å². The summed E-state index contributed by atoms with van der Waals surface area (Å²) >= 11 is 6.00. The van der Waals surface area contributed by atoms with Crippen LogP contribution in [-0.2, 0) is 10.0 Å². The molecule has 0 aliphatic carbocycles. The number of aryl methyl sites for hydroxylation is 1. The van der Waals surface area contributed by atoms with Gasteiger partial charge in [0.1, 0.15) is 0 Å². The highest BCUT2D eigenvalue weighted by atomic mass is 35.5. The summed E-state index contributed by atoms with van der Waals surface area (Å²) in [6.07, 6.45) is 0. The van der Waals surface area contributed by atoms with E-state index in [-0.39, 0.29) is 21.0 Å². The maximum atomic E-state index is 13.0. The second-order valence-electron chi connectivity index (χ2n) is 6.85. The van der Waals surface area contributed by atoms with Gasteiger partial charge in [0.15, 0.2) is 0 Å². The fourth-order valence-electron chi connectivity index (χ4n) is 2.85. The van der Waals surface area contributed by atoms with Gasteiger partial charge in [-0.05, 0) is 55.5 Å². The van der Waals surface area contributed by atoms with E-state index in [4.69, 9.17) is 17.3 Å². The third-order valence-corrected chi connectivity index (χ3v) is 6.74. The number of carbonyl (C=O) groups excluding carboxylic acids is 2. The molecule has 0 aliphatic heterocycles. The molecule has 7 nitrogen and oxygen atoms in total. The molecule has 3 N–H and O–H groups in total. The quantitative estimate of drug-likeness (QED) is 0.586. The lowest BCUT2D eigenvalue weighted by molar-refractivity contribution is 0.0998. The van der Waals surface area contributed by atoms with E-state index in [2.05, 4.69) is 5.32 Å². The first-order valence-electron chi connectivity index (χ1n) is 9.16. The molecule has 3 aromatic carbocycles. The Bertz CT molecular complexity index is 1260. The number of nitrogens with two attached hydrogens (primary N) is 1. The lowest BCUT2D eigenvalue weighted by atomic mass is 10.1. The van der Waals surface area contributed by atoms with Crippen LogP contribution in [0.3, 0.4) is 0 Å². The number of nitrogens with zero attached hydrogens (tertiary/aromatic N) is 1. The average molecular weight is 458 g/mol. The third-order valence-electron chi connectivity index (χ3n) is 4.64. The SMILES string of the molecule is Cc1ccc(N(C)S(=O)(=O)c2cccc(C(=O)Nc3ccc(C(N)=O)c(Cl)c3)c2)cc1. The number of primary amides is 1. The number of anilines is 2. The molecule has 9 heteroatoms. The van der Waals surface area contributed by atoms with Crippen LogP contribution in [0.4, 0.5) is 11.4 Å². The van der Waals surface area contributed by atoms with Crippen LogP contribution in [0.2, 0.25) is 5.02 Å². The predicted octanol–water partition coefficient (Wildman–Crippen LogP) is 3.82. The lowest BCUT2D eigenvalue weighted by Crippen LogP contribution is -2.26. The van der Waals surface area contributed by atoms with Crippen LogP contribution in [0.25, 0.3) is 0 Å². The Labute approximate surface area is 185 Å². The minimum absolute atomic E-state index is 0.0228. The van der Waals surface area contributed by atoms with E-state index < -0.39 is 21.8 Å². The van der Waals surface area contributed by atoms with Gasteiger partial charge in [0.25, 0.3) is 15.9 Å². The van der Waals surface area contributed by atoms with Gasteiger partial charge in [-0.1, -0.05) is 35.4 Å². The van der Waals surface area contributed by atoms with Gasteiger partial charge in [0.05, 0.1) is 21.2 Å². The lowest BCUT2D eigenvalue weighted by Gasteiger charge is -2.20. The number of amides is 2. The molecule has 3 aromatic rings. The number of hydrogen-bond acceptors (Lipinski definition) is 4. The number of carbonyl (C=O) groups is 2. The Morgan fingerprint density at radius 1 is 1.00 bits per heavy atom. The van der Waals surface area contributed by atoms with Crippen molar-refractivity contribution >= 4 is 44.8 Å². The molecule has 0 aliphatic rings. The second-order valence-corrected chi connectivity index (χ2v) is 9.23. The van der Waals surface area contributed by atoms with E-state index in [1.807, 2.05) is 19.1 Å². The smallest absolute Gasteiger partial charge is 0.264 e. The van der Waals surface area contributed by atoms with Gasteiger partial charge in [-0.15, -0.1) is 0 Å². The summed E-state index contributed by atoms with van der Waals surface area (Å²) in [5.41, 5.74) is 7.35. The molecule has 0 saturated heterocycles. The summed E-state index contributed by atoms with van der Waals surface area (Å²) in [6, 6.07) is 17.1. The highest BCUT2D eigenvalue weighted by molar-refractivity contribution is 7.92. The predicted molar refractivity (Wildman–Crippen MR) is 121 cm³/mol. The van der Waals surface area contributed by atoms with Crippen molar-refractivity contribution in [3.05, 3.63) is 88.4 Å². The monoisotopic (exact) mass is 457 g/mol. The van der Waals surface area contributed by atoms with Gasteiger partial charge < -0.3 is 11.1 Å². The molecule has 0 radical (unpaired) electrons. The standard InChI is InChI=1S/C22H20ClN3O4S/c1-14-6-9-17(10-7-14)26(2)31(29,30)18-5-3-4-15(12-18)22(28)25-16-8-11-19(21(24)27)20(23)13-16/h3-13H,1-2H3,(H2,24,27)(H,25,28). The summed E-state index contributed by atoms with van der Waals surface area (Å²) in [7, 11) is -2.42. The number of hydrogen-bond donors (Lipinski definition) is 2. The van der Waals surface area contributed by atoms with E-state index >= 15 is 0 Å². The normalized spacial score (nSPS) is 11.1. The van der Waals surface area contributed by atoms with Gasteiger partial charge in [0, 0.05) is 18.3 Å². The summed E-state index contributed by atoms with van der Waals surface area (Å²) in [5, 5.41) is 2.73. The van der Waals surface area contributed by atoms with Gasteiger partial charge in [-0.25, -0.2) is 8.42 Å². The molecular weight excluding hydrogens is 438 g/mol. The summed E-state index contributed by atoms with van der Waals surface area (Å²) < 4.78 is 27.2. The van der Waals surface area contributed by atoms with Crippen LogP contribution in [0.1, 0.15) is 26.3 Å². The van der Waals surface area contributed by atoms with Gasteiger partial charge in [-0.3, -0.25) is 13.9 Å². The zero-order valence-corrected chi connectivity index (χ0v) is 18.4. The minimum Gasteiger partial charge on any atom is -0.366 e. The van der Waals surface area contributed by atoms with Crippen molar-refractivity contribution in [1.29, 1.82) is 0 Å². The molecule has 31 heavy (non-hydrogen) atoms. The number of halogens is 1. The largest absolute Gasteiger partial charge is 0.366 e. The van der Waals surface area contributed by atoms with Crippen molar-refractivity contribution in [1.82, 2.24) is 0 Å². The highest BCUT2D eigenvalue weighted by Crippen LogP contribution is 2.24. The number of benzene rings is 3. The third kappa shape index (κ3) is 4.87. The molecule has 160 valence electrons. The maximum absolute atomic E-state index is 13.0. The molecule has 0 saturated carbocycles. The molecule has 2 amide bonds. The Morgan fingerprint density at radius 3 is 2.29 bits per heavy atom. The van der Waals surface area contributed by atoms with E-state index in [0.717, 1.165) is 9.87 Å². The van der Waals surface area contributed by atoms with Crippen molar-refractivity contribution in [3.8, 4) is 0 Å². The van der Waals surface area contributed by atoms with Crippen molar-refractivity contribution in [2.24, 2.45) is 5.73 Å². The molecule has 3 rings (SSSR count). The van der Waals surface area contributed by atoms with Crippen LogP contribution in [0.15, 0.2) is 71.6 Å². The van der Waals surface area contributed by atoms with Gasteiger partial charge >= 0.3 is 0 Å². The van der Waals surface area contributed by atoms with Crippen LogP contribution in [0.5, 0.6) is 0 Å². The zero-order chi connectivity index (χ0) is 22.8. The molecular formula is C22H20ClN3O4S. The van der Waals surface area contributed by atoms with E-state index in [9.17, 15) is 18.0 Å². The Balaban J connectivity index is 1.85. The minimum atomic E-state index is -3.87. The van der Waals surface area contributed by atoms with Gasteiger partial charge in [0.2, 0.25) is 5.91 Å². The second kappa shape index (κ2) is 8.79. The summed E-state index contributed by atoms with van der Waals surface area (Å²) in [4.78, 5) is 23.9. The number of sulfonamides is 1. The first-order valence-corrected chi connectivity index (χ1v) is 11.0. The molecule has 0 atom stereocenters. The summed E-state index contributed by atoms with van der Waals surface area (Å²) in [6.45, 7) is 1.91. The van der Waals surface area contributed by atoms with Crippen molar-refractivity contribution in [2.45, 2.75) is 11.8 Å². The zero-order valence-electron chi connectivity index (χ0n) is 16.8. The number of rotatable bonds is 6. The maximum Gasteiger partial charge on any atom is 0.264 e. The molecule has 0 spiro atoms. The van der Waals surface area contributed by atoms with Crippen molar-refractivity contribution in [2.75, 3.05) is 16.7 Å². The molecule has 0 aromatic heterocycles. The van der Waals surface area contributed by atoms with Crippen LogP contribution < -0.4 is 15.4 Å². The first-order chi connectivity index (χ1) is 14.6. The van der Waals surface area contributed by atoms with E-state index in [1.165, 1.54) is 49.5 Å². The molecule has 0 bridgehead atoms. The first kappa shape index (κ1) is 22.3. The highest BCUT2D eigenvalue weighted by Gasteiger charge is 2.22. The fraction of sp³-hybridized carbons (Fsp3) is 0.0909. The number of nitrogens with one attached hydrogen (secondary N) is 1. The Morgan fingerprint density at radius 2 is 1.68 bits per heavy atom. The Hall–Kier alpha value is -3.36. The molecule has 0 fully saturated rings. The molecule has 0 heterocycles. The van der Waals surface area contributed by atoms with E-state index in [1.54, 1.807) is 12.1 Å². The van der Waals surface area contributed by atoms with Crippen molar-refractivity contribution in [3.63, 3.8) is 0 Å². The van der Waals surface area contributed by atoms with Crippen molar-refractivity contribution < 1.29 is 18.0 Å². The average Bonchev–Trinajstić information content (AvgIpc) is 2.73.